The molecule has 0 rings (SSSR count). The van der Waals surface area contributed by atoms with Gasteiger partial charge in [0.25, 0.3) is 0 Å². The van der Waals surface area contributed by atoms with Crippen LogP contribution in [0.5, 0.6) is 0 Å². The fraction of sp³-hybridized carbons (Fsp3) is 0.571. The molecule has 0 bridgehead atoms. The lowest BCUT2D eigenvalue weighted by Crippen LogP contribution is -2.30. The number of carbonyl (C=O) groups excluding carboxylic acids is 3. The van der Waals surface area contributed by atoms with Crippen LogP contribution in [0, 0.1) is 0 Å². The molecule has 0 aromatic heterocycles. The van der Waals surface area contributed by atoms with Gasteiger partial charge in [0.05, 0.1) is 6.42 Å². The molecule has 0 unspecified atom stereocenters. The van der Waals surface area contributed by atoms with Gasteiger partial charge in [0.2, 0.25) is 17.3 Å². The Hall–Kier alpha value is -1.41. The van der Waals surface area contributed by atoms with Gasteiger partial charge in [0.15, 0.2) is 0 Å². The summed E-state index contributed by atoms with van der Waals surface area (Å²) in [7, 11) is 0. The molecule has 0 aliphatic heterocycles. The van der Waals surface area contributed by atoms with Gasteiger partial charge in [0.1, 0.15) is 6.42 Å². The first kappa shape index (κ1) is 14.6. The average Bonchev–Trinajstić information content (AvgIpc) is 1.98. The second-order valence-corrected chi connectivity index (χ2v) is 2.74. The van der Waals surface area contributed by atoms with Crippen molar-refractivity contribution in [1.82, 2.24) is 0 Å². The van der Waals surface area contributed by atoms with Crippen molar-refractivity contribution in [1.29, 1.82) is 0 Å². The molecule has 0 radical (unpaired) electrons. The molecule has 0 saturated carbocycles. The van der Waals surface area contributed by atoms with Gasteiger partial charge in [-0.1, -0.05) is 0 Å². The summed E-state index contributed by atoms with van der Waals surface area (Å²) in [4.78, 5) is 31.1. The molecule has 92 valence electrons. The third-order valence-electron chi connectivity index (χ3n) is 1.31. The molecule has 0 aliphatic carbocycles. The number of Topliss-reactive ketones (excluding diaryl/α,β-unsaturated/α-hetero) is 3. The minimum absolute atomic E-state index is 1.89. The second kappa shape index (κ2) is 4.62. The predicted octanol–water partition coefficient (Wildman–Crippen LogP) is 1.60. The Kier molecular flexibility index (Phi) is 4.21. The first-order valence-corrected chi connectivity index (χ1v) is 3.66. The summed E-state index contributed by atoms with van der Waals surface area (Å²) in [6.07, 6.45) is -14.4. The highest BCUT2D eigenvalue weighted by molar-refractivity contribution is 6.40. The Labute approximate surface area is 84.4 Å². The third-order valence-corrected chi connectivity index (χ3v) is 1.31. The highest BCUT2D eigenvalue weighted by Crippen LogP contribution is 2.21. The maximum Gasteiger partial charge on any atom is 0.450 e. The zero-order chi connectivity index (χ0) is 13.1. The molecule has 0 aromatic carbocycles. The normalized spacial score (nSPS) is 12.4. The summed E-state index contributed by atoms with van der Waals surface area (Å²) in [5, 5.41) is 0. The van der Waals surface area contributed by atoms with Crippen LogP contribution in [-0.2, 0) is 14.4 Å². The standard InChI is InChI=1S/C7H4F6O3/c8-6(9,10)2-4(15)3(14)1-5(16)7(11,12)13/h1-2H2. The van der Waals surface area contributed by atoms with Crippen LogP contribution in [-0.4, -0.2) is 29.7 Å². The molecule has 0 heterocycles. The quantitative estimate of drug-likeness (QED) is 0.432. The Balaban J connectivity index is 4.39. The van der Waals surface area contributed by atoms with E-state index in [-0.39, 0.29) is 0 Å². The molecule has 16 heavy (non-hydrogen) atoms. The maximum absolute atomic E-state index is 11.6. The smallest absolute Gasteiger partial charge is 0.291 e. The number of ketones is 3. The van der Waals surface area contributed by atoms with E-state index >= 15 is 0 Å². The molecule has 0 spiro atoms. The van der Waals surface area contributed by atoms with E-state index in [0.717, 1.165) is 0 Å². The number of hydrogen-bond acceptors (Lipinski definition) is 3. The van der Waals surface area contributed by atoms with Crippen molar-refractivity contribution in [2.75, 3.05) is 0 Å². The molecule has 0 N–H and O–H groups in total. The lowest BCUT2D eigenvalue weighted by molar-refractivity contribution is -0.173. The van der Waals surface area contributed by atoms with Crippen molar-refractivity contribution in [3.05, 3.63) is 0 Å². The second-order valence-electron chi connectivity index (χ2n) is 2.74. The van der Waals surface area contributed by atoms with Gasteiger partial charge in [-0.2, -0.15) is 26.3 Å². The summed E-state index contributed by atoms with van der Waals surface area (Å²) >= 11 is 0. The van der Waals surface area contributed by atoms with Crippen LogP contribution in [0.2, 0.25) is 0 Å². The number of hydrogen-bond donors (Lipinski definition) is 0. The zero-order valence-electron chi connectivity index (χ0n) is 7.41. The van der Waals surface area contributed by atoms with Gasteiger partial charge in [0, 0.05) is 0 Å². The molecule has 0 atom stereocenters. The summed E-state index contributed by atoms with van der Waals surface area (Å²) in [6.45, 7) is 0. The van der Waals surface area contributed by atoms with Crippen LogP contribution in [0.4, 0.5) is 26.3 Å². The highest BCUT2D eigenvalue weighted by Gasteiger charge is 2.41. The Morgan fingerprint density at radius 3 is 1.56 bits per heavy atom. The van der Waals surface area contributed by atoms with Gasteiger partial charge in [-0.25, -0.2) is 0 Å². The predicted molar refractivity (Wildman–Crippen MR) is 36.4 cm³/mol. The van der Waals surface area contributed by atoms with Gasteiger partial charge >= 0.3 is 12.4 Å². The van der Waals surface area contributed by atoms with Gasteiger partial charge in [-0.05, 0) is 0 Å². The topological polar surface area (TPSA) is 51.2 Å². The zero-order valence-corrected chi connectivity index (χ0v) is 7.41. The fourth-order valence-electron chi connectivity index (χ4n) is 0.625. The molecule has 0 aromatic rings. The average molecular weight is 250 g/mol. The van der Waals surface area contributed by atoms with E-state index in [1.165, 1.54) is 0 Å². The van der Waals surface area contributed by atoms with Crippen LogP contribution in [0.25, 0.3) is 0 Å². The number of carbonyl (C=O) groups is 3. The number of alkyl halides is 6. The number of rotatable bonds is 4. The molecule has 0 amide bonds. The fourth-order valence-corrected chi connectivity index (χ4v) is 0.625. The van der Waals surface area contributed by atoms with E-state index in [0.29, 0.717) is 0 Å². The molecule has 0 fully saturated rings. The van der Waals surface area contributed by atoms with Crippen molar-refractivity contribution < 1.29 is 40.7 Å². The minimum Gasteiger partial charge on any atom is -0.291 e. The van der Waals surface area contributed by atoms with E-state index in [2.05, 4.69) is 0 Å². The van der Waals surface area contributed by atoms with E-state index in [1.54, 1.807) is 0 Å². The first-order chi connectivity index (χ1) is 6.93. The van der Waals surface area contributed by atoms with Crippen LogP contribution < -0.4 is 0 Å². The van der Waals surface area contributed by atoms with Crippen molar-refractivity contribution in [2.24, 2.45) is 0 Å². The monoisotopic (exact) mass is 250 g/mol. The van der Waals surface area contributed by atoms with Gasteiger partial charge in [-0.3, -0.25) is 14.4 Å². The lowest BCUT2D eigenvalue weighted by Gasteiger charge is -2.05. The molecular weight excluding hydrogens is 246 g/mol. The highest BCUT2D eigenvalue weighted by atomic mass is 19.4. The van der Waals surface area contributed by atoms with E-state index < -0.39 is 42.5 Å². The van der Waals surface area contributed by atoms with Crippen LogP contribution in [0.15, 0.2) is 0 Å². The van der Waals surface area contributed by atoms with Crippen LogP contribution >= 0.6 is 0 Å². The van der Waals surface area contributed by atoms with Crippen molar-refractivity contribution in [3.8, 4) is 0 Å². The summed E-state index contributed by atoms with van der Waals surface area (Å²) in [6, 6.07) is 0. The number of halogens is 6. The Bertz CT molecular complexity index is 313. The van der Waals surface area contributed by atoms with Crippen LogP contribution in [0.3, 0.4) is 0 Å². The molecular formula is C7H4F6O3. The molecule has 0 saturated heterocycles. The SMILES string of the molecule is O=C(CC(=O)C(F)(F)F)C(=O)CC(F)(F)F. The Morgan fingerprint density at radius 2 is 1.25 bits per heavy atom. The minimum atomic E-state index is -5.34. The Morgan fingerprint density at radius 1 is 0.812 bits per heavy atom. The summed E-state index contributed by atoms with van der Waals surface area (Å²) in [5.41, 5.74) is 0. The van der Waals surface area contributed by atoms with E-state index in [9.17, 15) is 40.7 Å². The van der Waals surface area contributed by atoms with Crippen molar-refractivity contribution >= 4 is 17.3 Å². The third kappa shape index (κ3) is 5.47. The summed E-state index contributed by atoms with van der Waals surface area (Å²) in [5.74, 6) is -6.61. The van der Waals surface area contributed by atoms with E-state index in [1.807, 2.05) is 0 Å². The summed E-state index contributed by atoms with van der Waals surface area (Å²) < 4.78 is 69.4. The molecule has 9 heteroatoms. The van der Waals surface area contributed by atoms with Gasteiger partial charge in [-0.15, -0.1) is 0 Å². The van der Waals surface area contributed by atoms with E-state index in [4.69, 9.17) is 0 Å². The first-order valence-electron chi connectivity index (χ1n) is 3.66. The largest absolute Gasteiger partial charge is 0.450 e. The van der Waals surface area contributed by atoms with Crippen molar-refractivity contribution in [3.63, 3.8) is 0 Å². The van der Waals surface area contributed by atoms with Gasteiger partial charge < -0.3 is 0 Å². The molecule has 0 aliphatic rings. The molecule has 3 nitrogen and oxygen atoms in total. The van der Waals surface area contributed by atoms with Crippen LogP contribution in [0.1, 0.15) is 12.8 Å². The maximum atomic E-state index is 11.6. The lowest BCUT2D eigenvalue weighted by atomic mass is 10.1. The van der Waals surface area contributed by atoms with Crippen molar-refractivity contribution in [2.45, 2.75) is 25.2 Å².